The van der Waals surface area contributed by atoms with Crippen molar-refractivity contribution in [3.8, 4) is 0 Å². The Morgan fingerprint density at radius 1 is 1.50 bits per heavy atom. The van der Waals surface area contributed by atoms with Crippen molar-refractivity contribution in [2.45, 2.75) is 20.3 Å². The molecule has 0 spiro atoms. The third-order valence-corrected chi connectivity index (χ3v) is 3.44. The van der Waals surface area contributed by atoms with Crippen LogP contribution < -0.4 is 11.1 Å². The Balaban J connectivity index is 2.08. The second-order valence-corrected chi connectivity index (χ2v) is 5.03. The van der Waals surface area contributed by atoms with Gasteiger partial charge in [0, 0.05) is 19.1 Å². The molecule has 1 amide bonds. The van der Waals surface area contributed by atoms with Crippen molar-refractivity contribution >= 4 is 17.3 Å². The number of ether oxygens (including phenoxy) is 1. The number of carbonyl (C=O) groups is 1. The van der Waals surface area contributed by atoms with Crippen molar-refractivity contribution in [1.29, 1.82) is 0 Å². The molecule has 0 bridgehead atoms. The summed E-state index contributed by atoms with van der Waals surface area (Å²) in [5.41, 5.74) is 8.26. The van der Waals surface area contributed by atoms with Crippen LogP contribution in [0, 0.1) is 18.8 Å². The Labute approximate surface area is 108 Å². The summed E-state index contributed by atoms with van der Waals surface area (Å²) in [6, 6.07) is 5.65. The number of nitrogen functional groups attached to an aromatic ring is 1. The Morgan fingerprint density at radius 3 is 3.00 bits per heavy atom. The molecule has 1 fully saturated rings. The third-order valence-electron chi connectivity index (χ3n) is 3.44. The minimum Gasteiger partial charge on any atom is -0.397 e. The summed E-state index contributed by atoms with van der Waals surface area (Å²) in [5, 5.41) is 2.93. The number of carbonyl (C=O) groups excluding carboxylic acids is 1. The average Bonchev–Trinajstić information content (AvgIpc) is 2.34. The van der Waals surface area contributed by atoms with E-state index < -0.39 is 0 Å². The van der Waals surface area contributed by atoms with Crippen molar-refractivity contribution in [2.75, 3.05) is 24.3 Å². The zero-order valence-electron chi connectivity index (χ0n) is 10.9. The fourth-order valence-electron chi connectivity index (χ4n) is 2.27. The molecule has 0 aliphatic carbocycles. The summed E-state index contributed by atoms with van der Waals surface area (Å²) in [6.07, 6.45) is 0.777. The van der Waals surface area contributed by atoms with E-state index in [1.165, 1.54) is 0 Å². The first-order valence-electron chi connectivity index (χ1n) is 6.32. The van der Waals surface area contributed by atoms with Crippen molar-refractivity contribution in [1.82, 2.24) is 0 Å². The van der Waals surface area contributed by atoms with E-state index in [1.807, 2.05) is 32.0 Å². The van der Waals surface area contributed by atoms with Crippen LogP contribution >= 0.6 is 0 Å². The number of benzene rings is 1. The molecule has 2 rings (SSSR count). The van der Waals surface area contributed by atoms with E-state index >= 15 is 0 Å². The maximum absolute atomic E-state index is 12.2. The van der Waals surface area contributed by atoms with Crippen LogP contribution in [0.5, 0.6) is 0 Å². The number of nitrogens with one attached hydrogen (secondary N) is 1. The normalized spacial score (nSPS) is 23.7. The van der Waals surface area contributed by atoms with Gasteiger partial charge in [0.2, 0.25) is 5.91 Å². The van der Waals surface area contributed by atoms with Gasteiger partial charge in [-0.05, 0) is 37.0 Å². The summed E-state index contributed by atoms with van der Waals surface area (Å²) in [6.45, 7) is 5.34. The Morgan fingerprint density at radius 2 is 2.28 bits per heavy atom. The van der Waals surface area contributed by atoms with E-state index in [9.17, 15) is 4.79 Å². The standard InChI is InChI=1S/C14H20N2O2/c1-9-3-4-12(15)13(7-9)16-14(17)11-5-6-18-8-10(11)2/h3-4,7,10-11H,5-6,8,15H2,1-2H3,(H,16,17). The predicted molar refractivity (Wildman–Crippen MR) is 72.3 cm³/mol. The molecule has 98 valence electrons. The first-order valence-corrected chi connectivity index (χ1v) is 6.32. The number of anilines is 2. The van der Waals surface area contributed by atoms with Gasteiger partial charge < -0.3 is 15.8 Å². The summed E-state index contributed by atoms with van der Waals surface area (Å²) in [5.74, 6) is 0.312. The molecular weight excluding hydrogens is 228 g/mol. The lowest BCUT2D eigenvalue weighted by Gasteiger charge is -2.28. The summed E-state index contributed by atoms with van der Waals surface area (Å²) in [4.78, 5) is 12.2. The molecule has 2 unspecified atom stereocenters. The SMILES string of the molecule is Cc1ccc(N)c(NC(=O)C2CCOCC2C)c1. The molecule has 1 saturated heterocycles. The van der Waals surface area contributed by atoms with Crippen LogP contribution in [0.1, 0.15) is 18.9 Å². The van der Waals surface area contributed by atoms with Crippen molar-refractivity contribution in [2.24, 2.45) is 11.8 Å². The molecule has 1 aliphatic heterocycles. The number of amides is 1. The van der Waals surface area contributed by atoms with E-state index in [0.29, 0.717) is 24.6 Å². The van der Waals surface area contributed by atoms with Crippen LogP contribution in [-0.2, 0) is 9.53 Å². The molecule has 1 aromatic carbocycles. The highest BCUT2D eigenvalue weighted by molar-refractivity contribution is 5.95. The molecule has 1 heterocycles. The van der Waals surface area contributed by atoms with Gasteiger partial charge in [0.1, 0.15) is 0 Å². The topological polar surface area (TPSA) is 64.3 Å². The van der Waals surface area contributed by atoms with Crippen LogP contribution in [-0.4, -0.2) is 19.1 Å². The Bertz CT molecular complexity index is 445. The molecule has 0 aromatic heterocycles. The van der Waals surface area contributed by atoms with Crippen LogP contribution in [0.2, 0.25) is 0 Å². The molecule has 3 N–H and O–H groups in total. The van der Waals surface area contributed by atoms with E-state index in [0.717, 1.165) is 12.0 Å². The molecule has 2 atom stereocenters. The van der Waals surface area contributed by atoms with Gasteiger partial charge in [0.25, 0.3) is 0 Å². The van der Waals surface area contributed by atoms with Crippen molar-refractivity contribution in [3.05, 3.63) is 23.8 Å². The Hall–Kier alpha value is -1.55. The fraction of sp³-hybridized carbons (Fsp3) is 0.500. The van der Waals surface area contributed by atoms with E-state index in [1.54, 1.807) is 0 Å². The highest BCUT2D eigenvalue weighted by atomic mass is 16.5. The van der Waals surface area contributed by atoms with Crippen LogP contribution in [0.25, 0.3) is 0 Å². The largest absolute Gasteiger partial charge is 0.397 e. The number of rotatable bonds is 2. The van der Waals surface area contributed by atoms with Gasteiger partial charge in [-0.2, -0.15) is 0 Å². The third kappa shape index (κ3) is 2.82. The molecule has 4 nitrogen and oxygen atoms in total. The molecule has 18 heavy (non-hydrogen) atoms. The lowest BCUT2D eigenvalue weighted by Crippen LogP contribution is -2.35. The van der Waals surface area contributed by atoms with Gasteiger partial charge >= 0.3 is 0 Å². The summed E-state index contributed by atoms with van der Waals surface area (Å²) >= 11 is 0. The molecule has 0 radical (unpaired) electrons. The van der Waals surface area contributed by atoms with Crippen molar-refractivity contribution < 1.29 is 9.53 Å². The van der Waals surface area contributed by atoms with E-state index in [2.05, 4.69) is 5.32 Å². The molecule has 4 heteroatoms. The van der Waals surface area contributed by atoms with E-state index in [4.69, 9.17) is 10.5 Å². The average molecular weight is 248 g/mol. The maximum atomic E-state index is 12.2. The van der Waals surface area contributed by atoms with Crippen LogP contribution in [0.3, 0.4) is 0 Å². The van der Waals surface area contributed by atoms with Gasteiger partial charge in [-0.3, -0.25) is 4.79 Å². The summed E-state index contributed by atoms with van der Waals surface area (Å²) in [7, 11) is 0. The zero-order valence-corrected chi connectivity index (χ0v) is 10.9. The van der Waals surface area contributed by atoms with Gasteiger partial charge in [0.15, 0.2) is 0 Å². The van der Waals surface area contributed by atoms with Crippen LogP contribution in [0.4, 0.5) is 11.4 Å². The van der Waals surface area contributed by atoms with Gasteiger partial charge in [-0.15, -0.1) is 0 Å². The van der Waals surface area contributed by atoms with Crippen molar-refractivity contribution in [3.63, 3.8) is 0 Å². The van der Waals surface area contributed by atoms with Gasteiger partial charge in [-0.1, -0.05) is 13.0 Å². The minimum atomic E-state index is 0.0127. The number of nitrogens with two attached hydrogens (primary N) is 1. The number of hydrogen-bond acceptors (Lipinski definition) is 3. The molecule has 1 aliphatic rings. The lowest BCUT2D eigenvalue weighted by molar-refractivity contribution is -0.125. The second kappa shape index (κ2) is 5.40. The molecule has 0 saturated carbocycles. The van der Waals surface area contributed by atoms with E-state index in [-0.39, 0.29) is 17.7 Å². The highest BCUT2D eigenvalue weighted by Gasteiger charge is 2.28. The van der Waals surface area contributed by atoms with Crippen LogP contribution in [0.15, 0.2) is 18.2 Å². The number of aryl methyl sites for hydroxylation is 1. The monoisotopic (exact) mass is 248 g/mol. The second-order valence-electron chi connectivity index (χ2n) is 5.03. The first-order chi connectivity index (χ1) is 8.58. The maximum Gasteiger partial charge on any atom is 0.227 e. The lowest BCUT2D eigenvalue weighted by atomic mass is 9.89. The molecular formula is C14H20N2O2. The molecule has 1 aromatic rings. The highest BCUT2D eigenvalue weighted by Crippen LogP contribution is 2.25. The number of hydrogen-bond donors (Lipinski definition) is 2. The Kier molecular flexibility index (Phi) is 3.87. The quantitative estimate of drug-likeness (QED) is 0.788. The zero-order chi connectivity index (χ0) is 13.1. The van der Waals surface area contributed by atoms with Gasteiger partial charge in [0.05, 0.1) is 11.4 Å². The first kappa shape index (κ1) is 12.9. The summed E-state index contributed by atoms with van der Waals surface area (Å²) < 4.78 is 5.35. The predicted octanol–water partition coefficient (Wildman–Crippen LogP) is 2.19. The van der Waals surface area contributed by atoms with Gasteiger partial charge in [-0.25, -0.2) is 0 Å². The fourth-order valence-corrected chi connectivity index (χ4v) is 2.27. The smallest absolute Gasteiger partial charge is 0.227 e. The minimum absolute atomic E-state index is 0.0127.